The lowest BCUT2D eigenvalue weighted by molar-refractivity contribution is 0.0926. The van der Waals surface area contributed by atoms with Crippen LogP contribution in [-0.2, 0) is 0 Å². The van der Waals surface area contributed by atoms with Gasteiger partial charge in [-0.15, -0.1) is 0 Å². The molecule has 1 aliphatic rings. The molecule has 258 valence electrons. The number of nitrogens with zero attached hydrogens (tertiary/aromatic N) is 6. The van der Waals surface area contributed by atoms with Gasteiger partial charge in [0, 0.05) is 10.8 Å². The number of imide groups is 1. The average Bonchev–Trinajstić information content (AvgIpc) is 3.72. The number of carbonyl (C=O) groups is 2. The van der Waals surface area contributed by atoms with E-state index in [-0.39, 0.29) is 11.1 Å². The minimum Gasteiger partial charge on any atom is -0.308 e. The maximum absolute atomic E-state index is 14.5. The zero-order valence-corrected chi connectivity index (χ0v) is 29.4. The van der Waals surface area contributed by atoms with Crippen molar-refractivity contribution in [1.29, 1.82) is 21.0 Å². The largest absolute Gasteiger partial charge is 0.308 e. The number of amides is 2. The second kappa shape index (κ2) is 13.1. The van der Waals surface area contributed by atoms with E-state index in [2.05, 4.69) is 24.3 Å². The van der Waals surface area contributed by atoms with Gasteiger partial charge in [-0.05, 0) is 118 Å². The Bertz CT molecular complexity index is 2970. The number of hydrogen-bond donors (Lipinski definition) is 0. The number of aromatic nitrogens is 1. The number of hydrogen-bond acceptors (Lipinski definition) is 6. The van der Waals surface area contributed by atoms with Crippen molar-refractivity contribution in [2.24, 2.45) is 0 Å². The van der Waals surface area contributed by atoms with Gasteiger partial charge < -0.3 is 4.57 Å². The molecule has 0 fully saturated rings. The molecule has 56 heavy (non-hydrogen) atoms. The highest BCUT2D eigenvalue weighted by Crippen LogP contribution is 2.41. The summed E-state index contributed by atoms with van der Waals surface area (Å²) in [5, 5.41) is 40.4. The molecule has 0 N–H and O–H groups in total. The second-order valence-electron chi connectivity index (χ2n) is 13.4. The van der Waals surface area contributed by atoms with Crippen molar-refractivity contribution in [2.45, 2.75) is 0 Å². The Balaban J connectivity index is 1.24. The highest BCUT2D eigenvalue weighted by molar-refractivity contribution is 6.35. The minimum atomic E-state index is -0.439. The first-order chi connectivity index (χ1) is 27.4. The summed E-state index contributed by atoms with van der Waals surface area (Å²) in [4.78, 5) is 29.7. The van der Waals surface area contributed by atoms with Crippen LogP contribution in [0.2, 0.25) is 0 Å². The lowest BCUT2D eigenvalue weighted by Crippen LogP contribution is -2.29. The third-order valence-electron chi connectivity index (χ3n) is 10.2. The molecular formula is C48H24N6O2. The van der Waals surface area contributed by atoms with E-state index < -0.39 is 11.8 Å². The molecule has 0 aliphatic carbocycles. The van der Waals surface area contributed by atoms with Crippen LogP contribution < -0.4 is 4.90 Å². The summed E-state index contributed by atoms with van der Waals surface area (Å²) in [7, 11) is 0. The summed E-state index contributed by atoms with van der Waals surface area (Å²) >= 11 is 0. The molecule has 0 spiro atoms. The highest BCUT2D eigenvalue weighted by atomic mass is 16.2. The van der Waals surface area contributed by atoms with Crippen LogP contribution in [0.1, 0.15) is 43.0 Å². The van der Waals surface area contributed by atoms with Crippen LogP contribution >= 0.6 is 0 Å². The molecule has 7 aromatic carbocycles. The maximum atomic E-state index is 14.5. The molecule has 1 aliphatic heterocycles. The molecular weight excluding hydrogens is 693 g/mol. The Hall–Kier alpha value is -8.56. The van der Waals surface area contributed by atoms with E-state index >= 15 is 0 Å². The molecule has 8 nitrogen and oxygen atoms in total. The van der Waals surface area contributed by atoms with E-state index in [9.17, 15) is 30.6 Å². The monoisotopic (exact) mass is 716 g/mol. The average molecular weight is 717 g/mol. The van der Waals surface area contributed by atoms with Crippen LogP contribution in [0.5, 0.6) is 0 Å². The van der Waals surface area contributed by atoms with Crippen LogP contribution in [0.15, 0.2) is 146 Å². The van der Waals surface area contributed by atoms with Crippen molar-refractivity contribution in [2.75, 3.05) is 4.90 Å². The van der Waals surface area contributed by atoms with Crippen molar-refractivity contribution in [3.63, 3.8) is 0 Å². The SMILES string of the molecule is N#Cc1cc(C#N)cc(-c2ccc3c(c2)c2cc(-c4cc(C#N)cc(C#N)c4)ccc2n3-c2cccc3c2C(=O)N(c2ccc(-c4ccccc4)cc2)C3=O)c1. The summed E-state index contributed by atoms with van der Waals surface area (Å²) in [6.07, 6.45) is 0. The van der Waals surface area contributed by atoms with E-state index in [1.54, 1.807) is 60.7 Å². The van der Waals surface area contributed by atoms with Gasteiger partial charge >= 0.3 is 0 Å². The molecule has 0 bridgehead atoms. The summed E-state index contributed by atoms with van der Waals surface area (Å²) in [5.41, 5.74) is 9.39. The third kappa shape index (κ3) is 5.36. The molecule has 2 heterocycles. The molecule has 2 amide bonds. The first-order valence-electron chi connectivity index (χ1n) is 17.6. The van der Waals surface area contributed by atoms with Gasteiger partial charge in [-0.25, -0.2) is 4.90 Å². The Morgan fingerprint density at radius 1 is 0.411 bits per heavy atom. The third-order valence-corrected chi connectivity index (χ3v) is 10.2. The van der Waals surface area contributed by atoms with Gasteiger partial charge in [0.05, 0.1) is 80.1 Å². The fourth-order valence-electron chi connectivity index (χ4n) is 7.61. The molecule has 0 atom stereocenters. The second-order valence-corrected chi connectivity index (χ2v) is 13.4. The van der Waals surface area contributed by atoms with Gasteiger partial charge in [-0.3, -0.25) is 9.59 Å². The zero-order chi connectivity index (χ0) is 38.5. The normalized spacial score (nSPS) is 11.9. The van der Waals surface area contributed by atoms with E-state index in [4.69, 9.17) is 0 Å². The molecule has 8 aromatic rings. The topological polar surface area (TPSA) is 137 Å². The van der Waals surface area contributed by atoms with Crippen molar-refractivity contribution in [3.8, 4) is 63.3 Å². The Kier molecular flexibility index (Phi) is 7.81. The molecule has 0 saturated heterocycles. The summed E-state index contributed by atoms with van der Waals surface area (Å²) in [5.74, 6) is -0.855. The Labute approximate surface area is 320 Å². The van der Waals surface area contributed by atoms with Gasteiger partial charge in [-0.2, -0.15) is 21.0 Å². The quantitative estimate of drug-likeness (QED) is 0.163. The number of carbonyl (C=O) groups excluding carboxylic acids is 2. The fourth-order valence-corrected chi connectivity index (χ4v) is 7.61. The molecule has 8 heteroatoms. The van der Waals surface area contributed by atoms with E-state index in [0.717, 1.165) is 44.1 Å². The number of nitriles is 4. The van der Waals surface area contributed by atoms with Crippen LogP contribution in [0.4, 0.5) is 5.69 Å². The smallest absolute Gasteiger partial charge is 0.268 e. The van der Waals surface area contributed by atoms with Crippen molar-refractivity contribution in [3.05, 3.63) is 179 Å². The first kappa shape index (κ1) is 33.3. The first-order valence-corrected chi connectivity index (χ1v) is 17.6. The standard InChI is InChI=1S/C48H24N6O2/c49-25-29-17-30(26-50)20-37(19-29)35-11-15-43-41(23-35)42-24-36(38-21-31(27-51)18-32(22-38)28-52)12-16-44(42)54(43)45-8-4-7-40-46(45)48(56)53(47(40)55)39-13-9-34(10-14-39)33-5-2-1-3-6-33/h1-24H. The number of rotatable bonds is 5. The van der Waals surface area contributed by atoms with Crippen LogP contribution in [0, 0.1) is 45.3 Å². The molecule has 1 aromatic heterocycles. The Morgan fingerprint density at radius 2 is 0.893 bits per heavy atom. The van der Waals surface area contributed by atoms with Gasteiger partial charge in [0.15, 0.2) is 0 Å². The van der Waals surface area contributed by atoms with Gasteiger partial charge in [-0.1, -0.05) is 60.7 Å². The van der Waals surface area contributed by atoms with Crippen LogP contribution in [0.3, 0.4) is 0 Å². The summed E-state index contributed by atoms with van der Waals surface area (Å²) < 4.78 is 1.98. The van der Waals surface area contributed by atoms with Crippen molar-refractivity contribution >= 4 is 39.3 Å². The lowest BCUT2D eigenvalue weighted by atomic mass is 9.97. The Morgan fingerprint density at radius 3 is 1.39 bits per heavy atom. The van der Waals surface area contributed by atoms with Gasteiger partial charge in [0.2, 0.25) is 0 Å². The predicted octanol–water partition coefficient (Wildman–Crippen LogP) is 10.1. The molecule has 9 rings (SSSR count). The van der Waals surface area contributed by atoms with Crippen molar-refractivity contribution in [1.82, 2.24) is 4.57 Å². The van der Waals surface area contributed by atoms with Gasteiger partial charge in [0.1, 0.15) is 0 Å². The van der Waals surface area contributed by atoms with Gasteiger partial charge in [0.25, 0.3) is 11.8 Å². The summed E-state index contributed by atoms with van der Waals surface area (Å²) in [6, 6.07) is 52.7. The highest BCUT2D eigenvalue weighted by Gasteiger charge is 2.39. The van der Waals surface area contributed by atoms with E-state index in [1.165, 1.54) is 4.90 Å². The predicted molar refractivity (Wildman–Crippen MR) is 214 cm³/mol. The lowest BCUT2D eigenvalue weighted by Gasteiger charge is -2.15. The minimum absolute atomic E-state index is 0.275. The number of anilines is 1. The van der Waals surface area contributed by atoms with Crippen LogP contribution in [0.25, 0.3) is 60.9 Å². The zero-order valence-electron chi connectivity index (χ0n) is 29.4. The van der Waals surface area contributed by atoms with Crippen molar-refractivity contribution < 1.29 is 9.59 Å². The van der Waals surface area contributed by atoms with E-state index in [0.29, 0.717) is 44.8 Å². The number of benzene rings is 7. The van der Waals surface area contributed by atoms with Crippen LogP contribution in [-0.4, -0.2) is 16.4 Å². The fraction of sp³-hybridized carbons (Fsp3) is 0. The summed E-state index contributed by atoms with van der Waals surface area (Å²) in [6.45, 7) is 0. The molecule has 0 unspecified atom stereocenters. The maximum Gasteiger partial charge on any atom is 0.268 e. The molecule has 0 radical (unpaired) electrons. The molecule has 0 saturated carbocycles. The van der Waals surface area contributed by atoms with E-state index in [1.807, 2.05) is 89.5 Å². The number of fused-ring (bicyclic) bond motifs is 4.